The summed E-state index contributed by atoms with van der Waals surface area (Å²) in [5.41, 5.74) is 2.53. The number of ether oxygens (including phenoxy) is 2. The molecule has 1 N–H and O–H groups in total. The number of hydrogen-bond acceptors (Lipinski definition) is 6. The molecule has 6 nitrogen and oxygen atoms in total. The molecule has 0 unspecified atom stereocenters. The predicted octanol–water partition coefficient (Wildman–Crippen LogP) is 4.13. The summed E-state index contributed by atoms with van der Waals surface area (Å²) in [6.07, 6.45) is 6.19. The Hall–Kier alpha value is -2.54. The summed E-state index contributed by atoms with van der Waals surface area (Å²) in [7, 11) is 0. The summed E-state index contributed by atoms with van der Waals surface area (Å²) >= 11 is 1.70. The Morgan fingerprint density at radius 3 is 2.97 bits per heavy atom. The van der Waals surface area contributed by atoms with E-state index in [9.17, 15) is 4.79 Å². The number of anilines is 1. The van der Waals surface area contributed by atoms with Gasteiger partial charge in [0.15, 0.2) is 11.5 Å². The number of benzene rings is 1. The Morgan fingerprint density at radius 1 is 1.21 bits per heavy atom. The van der Waals surface area contributed by atoms with Crippen molar-refractivity contribution in [3.8, 4) is 11.5 Å². The van der Waals surface area contributed by atoms with Crippen LogP contribution in [-0.2, 0) is 25.8 Å². The summed E-state index contributed by atoms with van der Waals surface area (Å²) < 4.78 is 12.7. The topological polar surface area (TPSA) is 65.4 Å². The van der Waals surface area contributed by atoms with Gasteiger partial charge in [0, 0.05) is 18.0 Å². The molecule has 0 saturated carbocycles. The van der Waals surface area contributed by atoms with Crippen LogP contribution >= 0.6 is 11.3 Å². The lowest BCUT2D eigenvalue weighted by atomic mass is 9.97. The van der Waals surface area contributed by atoms with E-state index in [1.54, 1.807) is 11.3 Å². The summed E-state index contributed by atoms with van der Waals surface area (Å²) in [6, 6.07) is 6.02. The van der Waals surface area contributed by atoms with E-state index in [1.807, 2.05) is 16.7 Å². The van der Waals surface area contributed by atoms with Gasteiger partial charge in [-0.1, -0.05) is 13.0 Å². The molecule has 5 rings (SSSR count). The number of nitrogens with one attached hydrogen (secondary N) is 1. The summed E-state index contributed by atoms with van der Waals surface area (Å²) in [4.78, 5) is 20.4. The zero-order chi connectivity index (χ0) is 19.8. The lowest BCUT2D eigenvalue weighted by Crippen LogP contribution is -2.26. The van der Waals surface area contributed by atoms with Crippen LogP contribution in [0, 0.1) is 0 Å². The molecule has 0 spiro atoms. The van der Waals surface area contributed by atoms with Crippen molar-refractivity contribution in [2.45, 2.75) is 52.0 Å². The Labute approximate surface area is 173 Å². The minimum Gasteiger partial charge on any atom is -0.454 e. The maximum atomic E-state index is 13.3. The molecule has 0 fully saturated rings. The van der Waals surface area contributed by atoms with Gasteiger partial charge in [-0.25, -0.2) is 4.98 Å². The summed E-state index contributed by atoms with van der Waals surface area (Å²) in [6.45, 7) is 3.76. The van der Waals surface area contributed by atoms with E-state index in [-0.39, 0.29) is 12.4 Å². The fourth-order valence-corrected chi connectivity index (χ4v) is 5.47. The monoisotopic (exact) mass is 411 g/mol. The van der Waals surface area contributed by atoms with Gasteiger partial charge in [0.1, 0.15) is 4.83 Å². The quantitative estimate of drug-likeness (QED) is 0.661. The molecule has 2 aromatic heterocycles. The lowest BCUT2D eigenvalue weighted by Gasteiger charge is -2.14. The van der Waals surface area contributed by atoms with Crippen LogP contribution in [0.2, 0.25) is 0 Å². The Kier molecular flexibility index (Phi) is 4.91. The van der Waals surface area contributed by atoms with E-state index in [1.165, 1.54) is 28.8 Å². The van der Waals surface area contributed by atoms with Crippen LogP contribution in [0.1, 0.15) is 42.2 Å². The first-order valence-corrected chi connectivity index (χ1v) is 11.2. The molecule has 0 atom stereocenters. The van der Waals surface area contributed by atoms with Gasteiger partial charge in [-0.2, -0.15) is 0 Å². The largest absolute Gasteiger partial charge is 0.454 e. The highest BCUT2D eigenvalue weighted by Crippen LogP contribution is 2.34. The van der Waals surface area contributed by atoms with Crippen molar-refractivity contribution >= 4 is 27.5 Å². The van der Waals surface area contributed by atoms with Crippen molar-refractivity contribution < 1.29 is 9.47 Å². The minimum atomic E-state index is 0.113. The van der Waals surface area contributed by atoms with Crippen LogP contribution < -0.4 is 20.3 Å². The van der Waals surface area contributed by atoms with Crippen molar-refractivity contribution in [2.24, 2.45) is 0 Å². The number of aryl methyl sites for hydroxylation is 2. The molecular formula is C22H25N3O3S. The van der Waals surface area contributed by atoms with Gasteiger partial charge in [0.25, 0.3) is 5.56 Å². The average Bonchev–Trinajstić information content (AvgIpc) is 3.34. The van der Waals surface area contributed by atoms with Crippen molar-refractivity contribution in [1.82, 2.24) is 9.55 Å². The van der Waals surface area contributed by atoms with Crippen LogP contribution in [0.5, 0.6) is 11.5 Å². The van der Waals surface area contributed by atoms with Crippen LogP contribution in [0.25, 0.3) is 10.2 Å². The second-order valence-electron chi connectivity index (χ2n) is 7.65. The molecule has 0 amide bonds. The van der Waals surface area contributed by atoms with Gasteiger partial charge < -0.3 is 14.8 Å². The second-order valence-corrected chi connectivity index (χ2v) is 8.73. The first-order chi connectivity index (χ1) is 14.2. The Bertz CT molecular complexity index is 1120. The molecule has 1 aromatic carbocycles. The van der Waals surface area contributed by atoms with Crippen LogP contribution in [0.15, 0.2) is 23.0 Å². The summed E-state index contributed by atoms with van der Waals surface area (Å²) in [5.74, 6) is 2.28. The molecule has 2 aliphatic rings. The Balaban J connectivity index is 1.41. The first kappa shape index (κ1) is 18.5. The molecule has 7 heteroatoms. The van der Waals surface area contributed by atoms with Crippen LogP contribution in [0.4, 0.5) is 5.95 Å². The molecule has 0 saturated heterocycles. The number of thiophene rings is 1. The first-order valence-electron chi connectivity index (χ1n) is 10.4. The average molecular weight is 412 g/mol. The van der Waals surface area contributed by atoms with Gasteiger partial charge in [-0.15, -0.1) is 11.3 Å². The molecule has 29 heavy (non-hydrogen) atoms. The molecule has 1 aliphatic heterocycles. The van der Waals surface area contributed by atoms with Gasteiger partial charge in [0.05, 0.1) is 5.39 Å². The van der Waals surface area contributed by atoms with Gasteiger partial charge in [-0.05, 0) is 61.8 Å². The lowest BCUT2D eigenvalue weighted by molar-refractivity contribution is 0.174. The molecule has 3 heterocycles. The zero-order valence-electron chi connectivity index (χ0n) is 16.6. The molecule has 0 radical (unpaired) electrons. The number of hydrogen-bond donors (Lipinski definition) is 1. The van der Waals surface area contributed by atoms with Crippen molar-refractivity contribution in [3.63, 3.8) is 0 Å². The van der Waals surface area contributed by atoms with E-state index < -0.39 is 0 Å². The van der Waals surface area contributed by atoms with E-state index >= 15 is 0 Å². The molecule has 1 aliphatic carbocycles. The normalized spacial score (nSPS) is 14.9. The Morgan fingerprint density at radius 2 is 2.07 bits per heavy atom. The highest BCUT2D eigenvalue weighted by molar-refractivity contribution is 7.18. The maximum Gasteiger partial charge on any atom is 0.263 e. The van der Waals surface area contributed by atoms with Crippen LogP contribution in [0.3, 0.4) is 0 Å². The number of fused-ring (bicyclic) bond motifs is 4. The number of nitrogens with zero attached hydrogens (tertiary/aromatic N) is 2. The third kappa shape index (κ3) is 3.37. The molecule has 3 aromatic rings. The maximum absolute atomic E-state index is 13.3. The third-order valence-electron chi connectivity index (χ3n) is 5.66. The zero-order valence-corrected chi connectivity index (χ0v) is 17.4. The van der Waals surface area contributed by atoms with Crippen molar-refractivity contribution in [2.75, 3.05) is 18.7 Å². The van der Waals surface area contributed by atoms with Gasteiger partial charge >= 0.3 is 0 Å². The fourth-order valence-electron chi connectivity index (χ4n) is 4.22. The summed E-state index contributed by atoms with van der Waals surface area (Å²) in [5, 5.41) is 4.27. The highest BCUT2D eigenvalue weighted by atomic mass is 32.1. The van der Waals surface area contributed by atoms with Crippen molar-refractivity contribution in [3.05, 3.63) is 44.6 Å². The number of rotatable bonds is 6. The smallest absolute Gasteiger partial charge is 0.263 e. The standard InChI is InChI=1S/C22H25N3O3S/c1-2-11-25-21(26)19-15-5-3-4-6-18(15)29-20(19)24-22(25)23-10-9-14-7-8-16-17(12-14)28-13-27-16/h7-8,12H,2-6,9-11,13H2,1H3,(H,23,24). The van der Waals surface area contributed by atoms with Crippen molar-refractivity contribution in [1.29, 1.82) is 0 Å². The third-order valence-corrected chi connectivity index (χ3v) is 6.84. The highest BCUT2D eigenvalue weighted by Gasteiger charge is 2.22. The van der Waals surface area contributed by atoms with E-state index in [0.29, 0.717) is 19.0 Å². The predicted molar refractivity (Wildman–Crippen MR) is 116 cm³/mol. The van der Waals surface area contributed by atoms with Gasteiger partial charge in [-0.3, -0.25) is 9.36 Å². The SMILES string of the molecule is CCCn1c(NCCc2ccc3c(c2)OCO3)nc2sc3c(c2c1=O)CCCC3. The van der Waals surface area contributed by atoms with E-state index in [4.69, 9.17) is 14.5 Å². The second kappa shape index (κ2) is 7.71. The van der Waals surface area contributed by atoms with E-state index in [0.717, 1.165) is 47.4 Å². The van der Waals surface area contributed by atoms with Gasteiger partial charge in [0.2, 0.25) is 12.7 Å². The number of aromatic nitrogens is 2. The molecule has 152 valence electrons. The molecule has 0 bridgehead atoms. The van der Waals surface area contributed by atoms with Crippen LogP contribution in [-0.4, -0.2) is 22.9 Å². The van der Waals surface area contributed by atoms with E-state index in [2.05, 4.69) is 18.3 Å². The minimum absolute atomic E-state index is 0.113. The fraction of sp³-hybridized carbons (Fsp3) is 0.455. The molecular weight excluding hydrogens is 386 g/mol.